The highest BCUT2D eigenvalue weighted by atomic mass is 16.7. The molecule has 8 atom stereocenters. The van der Waals surface area contributed by atoms with Gasteiger partial charge in [-0.25, -0.2) is 0 Å². The Hall–Kier alpha value is -1.37. The predicted molar refractivity (Wildman–Crippen MR) is 264 cm³/mol. The van der Waals surface area contributed by atoms with E-state index in [1.165, 1.54) is 167 Å². The van der Waals surface area contributed by atoms with Crippen molar-refractivity contribution in [2.24, 2.45) is 0 Å². The third-order valence-corrected chi connectivity index (χ3v) is 13.2. The summed E-state index contributed by atoms with van der Waals surface area (Å²) in [6.45, 7) is 3.67. The lowest BCUT2D eigenvalue weighted by Gasteiger charge is -2.40. The smallest absolute Gasteiger partial charge is 0.249 e. The van der Waals surface area contributed by atoms with Crippen molar-refractivity contribution in [2.75, 3.05) is 13.2 Å². The number of rotatable bonds is 46. The lowest BCUT2D eigenvalue weighted by atomic mass is 9.99. The standard InChI is InChI=1S/C54H103NO9/c1-3-5-7-9-11-13-15-16-17-18-19-20-21-22-23-24-25-26-27-28-29-30-31-33-35-37-39-41-43-48(58)53(62)55-46(45-63-54-52(61)51(60)50(59)49(44-56)64-54)47(57)42-40-38-36-34-32-14-12-10-8-6-4-2/h19-20,22-23,46-52,54,56-61H,3-18,21,24-45H2,1-2H3,(H,55,62)/b20-19-,23-22-. The van der Waals surface area contributed by atoms with E-state index in [1.54, 1.807) is 0 Å². The molecule has 10 heteroatoms. The highest BCUT2D eigenvalue weighted by molar-refractivity contribution is 5.80. The van der Waals surface area contributed by atoms with Gasteiger partial charge in [0, 0.05) is 0 Å². The van der Waals surface area contributed by atoms with Gasteiger partial charge in [0.1, 0.15) is 30.5 Å². The van der Waals surface area contributed by atoms with Crippen molar-refractivity contribution in [3.05, 3.63) is 24.3 Å². The first-order chi connectivity index (χ1) is 31.3. The monoisotopic (exact) mass is 910 g/mol. The molecule has 1 rings (SSSR count). The van der Waals surface area contributed by atoms with Crippen molar-refractivity contribution in [3.8, 4) is 0 Å². The van der Waals surface area contributed by atoms with Crippen molar-refractivity contribution in [3.63, 3.8) is 0 Å². The maximum absolute atomic E-state index is 13.1. The molecule has 64 heavy (non-hydrogen) atoms. The van der Waals surface area contributed by atoms with Crippen molar-refractivity contribution >= 4 is 5.91 Å². The van der Waals surface area contributed by atoms with Gasteiger partial charge < -0.3 is 45.4 Å². The van der Waals surface area contributed by atoms with E-state index in [2.05, 4.69) is 43.5 Å². The van der Waals surface area contributed by atoms with Gasteiger partial charge in [-0.1, -0.05) is 231 Å². The Morgan fingerprint density at radius 1 is 0.531 bits per heavy atom. The highest BCUT2D eigenvalue weighted by Crippen LogP contribution is 2.23. The molecule has 1 aliphatic heterocycles. The van der Waals surface area contributed by atoms with Crippen LogP contribution in [0.25, 0.3) is 0 Å². The SMILES string of the molecule is CCCCCCCCCCC/C=C\C/C=C\CCCCCCCCCCCCCCC(O)C(=O)NC(COC1OC(CO)C(O)C(O)C1O)C(O)CCCCCCCCCCCCC. The van der Waals surface area contributed by atoms with Crippen LogP contribution in [0.5, 0.6) is 0 Å². The molecule has 0 bridgehead atoms. The normalized spacial score (nSPS) is 20.7. The maximum Gasteiger partial charge on any atom is 0.249 e. The van der Waals surface area contributed by atoms with Crippen LogP contribution in [0.4, 0.5) is 0 Å². The second-order valence-corrected chi connectivity index (χ2v) is 19.2. The largest absolute Gasteiger partial charge is 0.394 e. The second kappa shape index (κ2) is 44.2. The number of carbonyl (C=O) groups excluding carboxylic acids is 1. The van der Waals surface area contributed by atoms with Crippen molar-refractivity contribution in [2.45, 2.75) is 300 Å². The summed E-state index contributed by atoms with van der Waals surface area (Å²) in [6, 6.07) is -0.892. The molecule has 1 amide bonds. The fourth-order valence-corrected chi connectivity index (χ4v) is 8.73. The van der Waals surface area contributed by atoms with Crippen LogP contribution in [0.1, 0.15) is 251 Å². The predicted octanol–water partition coefficient (Wildman–Crippen LogP) is 11.6. The molecule has 1 fully saturated rings. The van der Waals surface area contributed by atoms with Crippen molar-refractivity contribution in [1.29, 1.82) is 0 Å². The molecule has 0 aromatic carbocycles. The average Bonchev–Trinajstić information content (AvgIpc) is 3.29. The van der Waals surface area contributed by atoms with Crippen LogP contribution < -0.4 is 5.32 Å². The topological polar surface area (TPSA) is 169 Å². The highest BCUT2D eigenvalue weighted by Gasteiger charge is 2.44. The summed E-state index contributed by atoms with van der Waals surface area (Å²) in [5, 5.41) is 64.9. The number of ether oxygens (including phenoxy) is 2. The average molecular weight is 910 g/mol. The number of carbonyl (C=O) groups is 1. The fourth-order valence-electron chi connectivity index (χ4n) is 8.73. The molecule has 0 spiro atoms. The molecule has 1 aliphatic rings. The first-order valence-electron chi connectivity index (χ1n) is 27.1. The number of hydrogen-bond acceptors (Lipinski definition) is 9. The van der Waals surface area contributed by atoms with Gasteiger partial charge in [0.25, 0.3) is 0 Å². The molecule has 0 saturated carbocycles. The number of unbranched alkanes of at least 4 members (excludes halogenated alkanes) is 31. The number of nitrogens with one attached hydrogen (secondary N) is 1. The van der Waals surface area contributed by atoms with Crippen LogP contribution >= 0.6 is 0 Å². The Morgan fingerprint density at radius 2 is 0.922 bits per heavy atom. The first-order valence-corrected chi connectivity index (χ1v) is 27.1. The van der Waals surface area contributed by atoms with Crippen LogP contribution in [-0.4, -0.2) is 98.7 Å². The summed E-state index contributed by atoms with van der Waals surface area (Å²) in [4.78, 5) is 13.1. The van der Waals surface area contributed by atoms with Crippen LogP contribution in [0, 0.1) is 0 Å². The number of amides is 1. The van der Waals surface area contributed by atoms with E-state index in [4.69, 9.17) is 9.47 Å². The van der Waals surface area contributed by atoms with Gasteiger partial charge in [0.05, 0.1) is 25.4 Å². The van der Waals surface area contributed by atoms with E-state index in [9.17, 15) is 35.4 Å². The zero-order chi connectivity index (χ0) is 46.7. The van der Waals surface area contributed by atoms with E-state index in [0.29, 0.717) is 12.8 Å². The zero-order valence-electron chi connectivity index (χ0n) is 41.4. The van der Waals surface area contributed by atoms with Crippen LogP contribution in [0.3, 0.4) is 0 Å². The Morgan fingerprint density at radius 3 is 1.34 bits per heavy atom. The van der Waals surface area contributed by atoms with Crippen LogP contribution in [0.2, 0.25) is 0 Å². The number of hydrogen-bond donors (Lipinski definition) is 7. The Kier molecular flexibility index (Phi) is 41.8. The van der Waals surface area contributed by atoms with Crippen molar-refractivity contribution in [1.82, 2.24) is 5.32 Å². The van der Waals surface area contributed by atoms with Crippen molar-refractivity contribution < 1.29 is 44.9 Å². The Bertz CT molecular complexity index is 1070. The van der Waals surface area contributed by atoms with Gasteiger partial charge in [0.2, 0.25) is 5.91 Å². The molecule has 0 radical (unpaired) electrons. The zero-order valence-corrected chi connectivity index (χ0v) is 41.4. The van der Waals surface area contributed by atoms with E-state index in [-0.39, 0.29) is 6.61 Å². The maximum atomic E-state index is 13.1. The molecule has 0 aliphatic carbocycles. The molecule has 1 heterocycles. The summed E-state index contributed by atoms with van der Waals surface area (Å²) >= 11 is 0. The lowest BCUT2D eigenvalue weighted by molar-refractivity contribution is -0.302. The molecule has 10 nitrogen and oxygen atoms in total. The molecular weight excluding hydrogens is 807 g/mol. The van der Waals surface area contributed by atoms with Crippen LogP contribution in [-0.2, 0) is 14.3 Å². The number of aliphatic hydroxyl groups excluding tert-OH is 6. The van der Waals surface area contributed by atoms with Gasteiger partial charge in [-0.3, -0.25) is 4.79 Å². The molecule has 7 N–H and O–H groups in total. The van der Waals surface area contributed by atoms with Gasteiger partial charge in [-0.15, -0.1) is 0 Å². The van der Waals surface area contributed by atoms with Gasteiger partial charge >= 0.3 is 0 Å². The first kappa shape index (κ1) is 60.6. The van der Waals surface area contributed by atoms with E-state index in [1.807, 2.05) is 0 Å². The minimum Gasteiger partial charge on any atom is -0.394 e. The third kappa shape index (κ3) is 33.2. The number of aliphatic hydroxyl groups is 6. The van der Waals surface area contributed by atoms with Gasteiger partial charge in [0.15, 0.2) is 6.29 Å². The summed E-state index contributed by atoms with van der Waals surface area (Å²) in [5.74, 6) is -0.584. The fraction of sp³-hybridized carbons (Fsp3) is 0.907. The molecule has 1 saturated heterocycles. The second-order valence-electron chi connectivity index (χ2n) is 19.2. The summed E-state index contributed by atoms with van der Waals surface area (Å²) in [7, 11) is 0. The lowest BCUT2D eigenvalue weighted by Crippen LogP contribution is -2.60. The summed E-state index contributed by atoms with van der Waals surface area (Å²) in [5.41, 5.74) is 0. The third-order valence-electron chi connectivity index (χ3n) is 13.2. The Labute approximate surface area is 392 Å². The molecule has 0 aromatic heterocycles. The molecule has 8 unspecified atom stereocenters. The Balaban J connectivity index is 2.19. The van der Waals surface area contributed by atoms with Gasteiger partial charge in [-0.2, -0.15) is 0 Å². The van der Waals surface area contributed by atoms with E-state index >= 15 is 0 Å². The van der Waals surface area contributed by atoms with E-state index < -0.39 is 61.5 Å². The van der Waals surface area contributed by atoms with Gasteiger partial charge in [-0.05, 0) is 44.9 Å². The van der Waals surface area contributed by atoms with E-state index in [0.717, 1.165) is 57.8 Å². The minimum atomic E-state index is -1.60. The van der Waals surface area contributed by atoms with Crippen LogP contribution in [0.15, 0.2) is 24.3 Å². The molecule has 0 aromatic rings. The summed E-state index contributed by atoms with van der Waals surface area (Å²) < 4.78 is 11.2. The number of allylic oxidation sites excluding steroid dienone is 4. The summed E-state index contributed by atoms with van der Waals surface area (Å²) in [6.07, 6.45) is 43.9. The quantitative estimate of drug-likeness (QED) is 0.0232. The minimum absolute atomic E-state index is 0.254. The molecule has 378 valence electrons. The molecular formula is C54H103NO9.